The second kappa shape index (κ2) is 6.53. The zero-order valence-electron chi connectivity index (χ0n) is 11.5. The quantitative estimate of drug-likeness (QED) is 0.827. The molecule has 3 N–H and O–H groups in total. The highest BCUT2D eigenvalue weighted by Crippen LogP contribution is 2.19. The van der Waals surface area contributed by atoms with Crippen molar-refractivity contribution in [3.8, 4) is 0 Å². The molecule has 0 heterocycles. The van der Waals surface area contributed by atoms with Crippen molar-refractivity contribution >= 4 is 21.8 Å². The third-order valence-electron chi connectivity index (χ3n) is 3.60. The summed E-state index contributed by atoms with van der Waals surface area (Å²) in [6, 6.07) is 9.11. The van der Waals surface area contributed by atoms with Crippen LogP contribution in [-0.2, 0) is 4.79 Å². The molecule has 0 unspecified atom stereocenters. The van der Waals surface area contributed by atoms with Crippen LogP contribution < -0.4 is 10.6 Å². The minimum Gasteiger partial charge on any atom is -0.348 e. The Labute approximate surface area is 123 Å². The molecule has 1 aromatic carbocycles. The van der Waals surface area contributed by atoms with Crippen molar-refractivity contribution in [2.24, 2.45) is 0 Å². The molecule has 1 aliphatic rings. The molecule has 2 rings (SSSR count). The van der Waals surface area contributed by atoms with Crippen LogP contribution in [0.25, 0.3) is 0 Å². The van der Waals surface area contributed by atoms with Gasteiger partial charge in [0.25, 0.3) is 5.91 Å². The predicted molar refractivity (Wildman–Crippen MR) is 79.7 cm³/mol. The Kier molecular flexibility index (Phi) is 4.99. The highest BCUT2D eigenvalue weighted by Gasteiger charge is 2.28. The van der Waals surface area contributed by atoms with Crippen LogP contribution in [0.2, 0.25) is 0 Å². The van der Waals surface area contributed by atoms with Crippen molar-refractivity contribution in [1.82, 2.24) is 5.32 Å². The maximum Gasteiger partial charge on any atom is 0.278 e. The number of benzene rings is 1. The number of hydrogen-bond donors (Lipinski definition) is 2. The lowest BCUT2D eigenvalue weighted by Gasteiger charge is -2.19. The number of amides is 1. The van der Waals surface area contributed by atoms with E-state index in [0.29, 0.717) is 12.1 Å². The second-order valence-corrected chi connectivity index (χ2v) is 6.25. The van der Waals surface area contributed by atoms with Crippen molar-refractivity contribution in [2.75, 3.05) is 0 Å². The molecule has 0 aromatic heterocycles. The SMILES string of the molecule is CC[C@H]([NH2+][C@H](C)C(=O)NC1CC1)c1ccc(Br)cc1. The Balaban J connectivity index is 1.93. The van der Waals surface area contributed by atoms with Crippen molar-refractivity contribution in [3.63, 3.8) is 0 Å². The summed E-state index contributed by atoms with van der Waals surface area (Å²) in [5.41, 5.74) is 1.27. The zero-order chi connectivity index (χ0) is 13.8. The number of carbonyl (C=O) groups is 1. The highest BCUT2D eigenvalue weighted by atomic mass is 79.9. The van der Waals surface area contributed by atoms with Gasteiger partial charge in [-0.05, 0) is 31.9 Å². The first-order chi connectivity index (χ1) is 9.10. The topological polar surface area (TPSA) is 45.7 Å². The van der Waals surface area contributed by atoms with Crippen LogP contribution in [-0.4, -0.2) is 18.0 Å². The molecule has 0 aliphatic heterocycles. The Bertz CT molecular complexity index is 428. The third-order valence-corrected chi connectivity index (χ3v) is 4.12. The van der Waals surface area contributed by atoms with Gasteiger partial charge in [0.2, 0.25) is 0 Å². The first-order valence-electron chi connectivity index (χ1n) is 7.01. The predicted octanol–water partition coefficient (Wildman–Crippen LogP) is 2.13. The molecular formula is C15H22BrN2O+. The fraction of sp³-hybridized carbons (Fsp3) is 0.533. The van der Waals surface area contributed by atoms with E-state index in [2.05, 4.69) is 57.8 Å². The number of rotatable bonds is 6. The Morgan fingerprint density at radius 1 is 1.42 bits per heavy atom. The first-order valence-corrected chi connectivity index (χ1v) is 7.80. The Morgan fingerprint density at radius 3 is 2.58 bits per heavy atom. The summed E-state index contributed by atoms with van der Waals surface area (Å²) in [4.78, 5) is 12.0. The number of nitrogens with one attached hydrogen (secondary N) is 1. The average molecular weight is 326 g/mol. The van der Waals surface area contributed by atoms with E-state index in [1.165, 1.54) is 5.56 Å². The van der Waals surface area contributed by atoms with Crippen LogP contribution in [0.1, 0.15) is 44.7 Å². The van der Waals surface area contributed by atoms with Crippen LogP contribution in [0.4, 0.5) is 0 Å². The van der Waals surface area contributed by atoms with Gasteiger partial charge in [0, 0.05) is 22.5 Å². The van der Waals surface area contributed by atoms with Crippen LogP contribution in [0.5, 0.6) is 0 Å². The van der Waals surface area contributed by atoms with E-state index in [1.807, 2.05) is 6.92 Å². The number of quaternary nitrogens is 1. The minimum atomic E-state index is -0.0332. The zero-order valence-corrected chi connectivity index (χ0v) is 13.1. The van der Waals surface area contributed by atoms with Crippen molar-refractivity contribution in [1.29, 1.82) is 0 Å². The van der Waals surface area contributed by atoms with Gasteiger partial charge in [-0.25, -0.2) is 0 Å². The second-order valence-electron chi connectivity index (χ2n) is 5.33. The molecule has 0 saturated heterocycles. The fourth-order valence-corrected chi connectivity index (χ4v) is 2.45. The molecule has 1 saturated carbocycles. The molecule has 0 radical (unpaired) electrons. The summed E-state index contributed by atoms with van der Waals surface area (Å²) >= 11 is 3.45. The van der Waals surface area contributed by atoms with E-state index < -0.39 is 0 Å². The van der Waals surface area contributed by atoms with Gasteiger partial charge in [0.1, 0.15) is 6.04 Å². The van der Waals surface area contributed by atoms with Crippen molar-refractivity contribution in [3.05, 3.63) is 34.3 Å². The molecule has 1 aliphatic carbocycles. The maximum atomic E-state index is 12.0. The van der Waals surface area contributed by atoms with Gasteiger partial charge in [-0.1, -0.05) is 35.0 Å². The molecule has 104 valence electrons. The van der Waals surface area contributed by atoms with Crippen molar-refractivity contribution in [2.45, 2.75) is 51.2 Å². The lowest BCUT2D eigenvalue weighted by molar-refractivity contribution is -0.713. The highest BCUT2D eigenvalue weighted by molar-refractivity contribution is 9.10. The number of nitrogens with two attached hydrogens (primary N) is 1. The van der Waals surface area contributed by atoms with Crippen LogP contribution in [0.15, 0.2) is 28.7 Å². The van der Waals surface area contributed by atoms with E-state index in [9.17, 15) is 4.79 Å². The summed E-state index contributed by atoms with van der Waals surface area (Å²) in [5.74, 6) is 0.165. The fourth-order valence-electron chi connectivity index (χ4n) is 2.19. The van der Waals surface area contributed by atoms with Gasteiger partial charge < -0.3 is 10.6 Å². The van der Waals surface area contributed by atoms with E-state index in [1.54, 1.807) is 0 Å². The summed E-state index contributed by atoms with van der Waals surface area (Å²) in [6.07, 6.45) is 3.30. The van der Waals surface area contributed by atoms with E-state index >= 15 is 0 Å². The Hall–Kier alpha value is -0.870. The van der Waals surface area contributed by atoms with E-state index in [0.717, 1.165) is 23.7 Å². The Morgan fingerprint density at radius 2 is 2.05 bits per heavy atom. The van der Waals surface area contributed by atoms with Gasteiger partial charge in [-0.2, -0.15) is 0 Å². The summed E-state index contributed by atoms with van der Waals surface area (Å²) in [7, 11) is 0. The normalized spacial score (nSPS) is 17.8. The monoisotopic (exact) mass is 325 g/mol. The maximum absolute atomic E-state index is 12.0. The molecular weight excluding hydrogens is 304 g/mol. The molecule has 0 spiro atoms. The standard InChI is InChI=1S/C15H21BrN2O/c1-3-14(11-4-6-12(16)7-5-11)17-10(2)15(19)18-13-8-9-13/h4-7,10,13-14,17H,3,8-9H2,1-2H3,(H,18,19)/p+1/t10-,14+/m1/s1. The molecule has 19 heavy (non-hydrogen) atoms. The summed E-state index contributed by atoms with van der Waals surface area (Å²) in [6.45, 7) is 4.15. The van der Waals surface area contributed by atoms with Gasteiger partial charge >= 0.3 is 0 Å². The molecule has 1 aromatic rings. The lowest BCUT2D eigenvalue weighted by atomic mass is 10.0. The largest absolute Gasteiger partial charge is 0.348 e. The third kappa shape index (κ3) is 4.32. The van der Waals surface area contributed by atoms with E-state index in [4.69, 9.17) is 0 Å². The minimum absolute atomic E-state index is 0.0332. The molecule has 0 bridgehead atoms. The average Bonchev–Trinajstić information content (AvgIpc) is 3.20. The summed E-state index contributed by atoms with van der Waals surface area (Å²) < 4.78 is 1.09. The van der Waals surface area contributed by atoms with Crippen LogP contribution in [0, 0.1) is 0 Å². The first kappa shape index (κ1) is 14.5. The van der Waals surface area contributed by atoms with E-state index in [-0.39, 0.29) is 11.9 Å². The molecule has 4 heteroatoms. The van der Waals surface area contributed by atoms with Gasteiger partial charge in [0.15, 0.2) is 6.04 Å². The number of carbonyl (C=O) groups excluding carboxylic acids is 1. The molecule has 1 amide bonds. The molecule has 2 atom stereocenters. The lowest BCUT2D eigenvalue weighted by Crippen LogP contribution is -2.92. The van der Waals surface area contributed by atoms with Gasteiger partial charge in [0.05, 0.1) is 0 Å². The van der Waals surface area contributed by atoms with Gasteiger partial charge in [-0.3, -0.25) is 4.79 Å². The summed E-state index contributed by atoms with van der Waals surface area (Å²) in [5, 5.41) is 5.23. The smallest absolute Gasteiger partial charge is 0.278 e. The van der Waals surface area contributed by atoms with Crippen molar-refractivity contribution < 1.29 is 10.1 Å². The van der Waals surface area contributed by atoms with Crippen LogP contribution in [0.3, 0.4) is 0 Å². The number of halogens is 1. The van der Waals surface area contributed by atoms with Gasteiger partial charge in [-0.15, -0.1) is 0 Å². The van der Waals surface area contributed by atoms with Crippen LogP contribution >= 0.6 is 15.9 Å². The molecule has 3 nitrogen and oxygen atoms in total. The number of hydrogen-bond acceptors (Lipinski definition) is 1. The molecule has 1 fully saturated rings.